The van der Waals surface area contributed by atoms with E-state index in [-0.39, 0.29) is 5.91 Å². The van der Waals surface area contributed by atoms with E-state index in [2.05, 4.69) is 31.2 Å². The second-order valence-corrected chi connectivity index (χ2v) is 6.29. The van der Waals surface area contributed by atoms with Gasteiger partial charge in [0.05, 0.1) is 22.1 Å². The topological polar surface area (TPSA) is 54.9 Å². The van der Waals surface area contributed by atoms with Gasteiger partial charge in [0.25, 0.3) is 5.91 Å². The Morgan fingerprint density at radius 1 is 0.792 bits per heavy atom. The average Bonchev–Trinajstić information content (AvgIpc) is 2.60. The van der Waals surface area contributed by atoms with Gasteiger partial charge in [-0.2, -0.15) is 0 Å². The molecule has 1 N–H and O–H groups in total. The molecule has 0 spiro atoms. The van der Waals surface area contributed by atoms with Crippen molar-refractivity contribution in [3.05, 3.63) is 76.8 Å². The minimum atomic E-state index is -0.157. The molecule has 0 saturated heterocycles. The summed E-state index contributed by atoms with van der Waals surface area (Å²) >= 11 is 3.36. The van der Waals surface area contributed by atoms with Gasteiger partial charge in [0.15, 0.2) is 0 Å². The molecule has 4 nitrogen and oxygen atoms in total. The van der Waals surface area contributed by atoms with Gasteiger partial charge in [0.1, 0.15) is 0 Å². The molecule has 0 aliphatic rings. The molecule has 1 aromatic heterocycles. The Labute approximate surface area is 146 Å². The quantitative estimate of drug-likeness (QED) is 0.510. The maximum Gasteiger partial charge on any atom is 0.255 e. The lowest BCUT2D eigenvalue weighted by molar-refractivity contribution is 0.102. The predicted molar refractivity (Wildman–Crippen MR) is 99.1 cm³/mol. The van der Waals surface area contributed by atoms with Gasteiger partial charge in [0, 0.05) is 15.7 Å². The smallest absolute Gasteiger partial charge is 0.255 e. The van der Waals surface area contributed by atoms with Crippen LogP contribution in [-0.4, -0.2) is 15.9 Å². The summed E-state index contributed by atoms with van der Waals surface area (Å²) < 4.78 is 0.937. The van der Waals surface area contributed by atoms with Crippen LogP contribution in [0.4, 0.5) is 5.69 Å². The molecular weight excluding hydrogens is 366 g/mol. The second-order valence-electron chi connectivity index (χ2n) is 5.38. The Kier molecular flexibility index (Phi) is 3.70. The van der Waals surface area contributed by atoms with Crippen molar-refractivity contribution in [1.29, 1.82) is 0 Å². The van der Waals surface area contributed by atoms with Gasteiger partial charge in [-0.25, -0.2) is 9.97 Å². The van der Waals surface area contributed by atoms with Gasteiger partial charge in [0.2, 0.25) is 0 Å². The first-order valence-corrected chi connectivity index (χ1v) is 8.22. The molecule has 24 heavy (non-hydrogen) atoms. The summed E-state index contributed by atoms with van der Waals surface area (Å²) in [5.41, 5.74) is 4.54. The molecule has 116 valence electrons. The van der Waals surface area contributed by atoms with E-state index in [0.717, 1.165) is 26.5 Å². The summed E-state index contributed by atoms with van der Waals surface area (Å²) in [6.07, 6.45) is 0. The van der Waals surface area contributed by atoms with Crippen molar-refractivity contribution in [1.82, 2.24) is 9.97 Å². The Morgan fingerprint density at radius 3 is 2.12 bits per heavy atom. The summed E-state index contributed by atoms with van der Waals surface area (Å²) in [7, 11) is 0. The molecule has 4 aromatic rings. The Morgan fingerprint density at radius 2 is 1.42 bits per heavy atom. The molecule has 0 fully saturated rings. The number of anilines is 1. The molecule has 0 radical (unpaired) electrons. The lowest BCUT2D eigenvalue weighted by atomic mass is 10.2. The molecule has 4 rings (SSSR count). The van der Waals surface area contributed by atoms with Gasteiger partial charge >= 0.3 is 0 Å². The Bertz CT molecular complexity index is 1060. The third kappa shape index (κ3) is 2.86. The van der Waals surface area contributed by atoms with Crippen LogP contribution in [0.3, 0.4) is 0 Å². The normalized spacial score (nSPS) is 10.9. The summed E-state index contributed by atoms with van der Waals surface area (Å²) in [5.74, 6) is -0.157. The Hall–Kier alpha value is -2.79. The third-order valence-corrected chi connectivity index (χ3v) is 4.23. The van der Waals surface area contributed by atoms with Crippen molar-refractivity contribution in [2.24, 2.45) is 0 Å². The molecular formula is C19H12BrN3O. The zero-order valence-electron chi connectivity index (χ0n) is 12.5. The summed E-state index contributed by atoms with van der Waals surface area (Å²) in [5, 5.41) is 2.90. The molecule has 5 heteroatoms. The van der Waals surface area contributed by atoms with Crippen LogP contribution < -0.4 is 5.32 Å². The number of aromatic nitrogens is 2. The van der Waals surface area contributed by atoms with Crippen molar-refractivity contribution in [3.63, 3.8) is 0 Å². The number of carbonyl (C=O) groups is 1. The van der Waals surface area contributed by atoms with Crippen LogP contribution >= 0.6 is 15.9 Å². The van der Waals surface area contributed by atoms with Crippen LogP contribution in [0.1, 0.15) is 10.4 Å². The molecule has 0 aliphatic heterocycles. The van der Waals surface area contributed by atoms with Crippen molar-refractivity contribution < 1.29 is 4.79 Å². The number of carbonyl (C=O) groups excluding carboxylic acids is 1. The van der Waals surface area contributed by atoms with Gasteiger partial charge in [-0.1, -0.05) is 28.1 Å². The van der Waals surface area contributed by atoms with E-state index in [1.165, 1.54) is 0 Å². The van der Waals surface area contributed by atoms with Gasteiger partial charge in [-0.05, 0) is 54.6 Å². The highest BCUT2D eigenvalue weighted by Gasteiger charge is 2.07. The number of benzene rings is 3. The number of para-hydroxylation sites is 2. The van der Waals surface area contributed by atoms with Gasteiger partial charge in [-0.3, -0.25) is 4.79 Å². The molecule has 1 amide bonds. The molecule has 0 aliphatic carbocycles. The van der Waals surface area contributed by atoms with Gasteiger partial charge in [-0.15, -0.1) is 0 Å². The first-order valence-electron chi connectivity index (χ1n) is 7.42. The minimum absolute atomic E-state index is 0.157. The van der Waals surface area contributed by atoms with Crippen LogP contribution in [0.25, 0.3) is 22.1 Å². The maximum absolute atomic E-state index is 12.3. The first-order chi connectivity index (χ1) is 11.7. The fraction of sp³-hybridized carbons (Fsp3) is 0. The SMILES string of the molecule is O=C(Nc1ccc2nc3ccccc3nc2c1)c1ccc(Br)cc1. The molecule has 0 bridgehead atoms. The van der Waals surface area contributed by atoms with Crippen molar-refractivity contribution in [3.8, 4) is 0 Å². The van der Waals surface area contributed by atoms with Crippen LogP contribution in [0.2, 0.25) is 0 Å². The number of hydrogen-bond donors (Lipinski definition) is 1. The van der Waals surface area contributed by atoms with E-state index in [9.17, 15) is 4.79 Å². The summed E-state index contributed by atoms with van der Waals surface area (Å²) in [4.78, 5) is 21.5. The van der Waals surface area contributed by atoms with Crippen LogP contribution in [0.5, 0.6) is 0 Å². The second kappa shape index (κ2) is 6.02. The van der Waals surface area contributed by atoms with E-state index in [1.54, 1.807) is 12.1 Å². The van der Waals surface area contributed by atoms with Crippen LogP contribution in [0.15, 0.2) is 71.2 Å². The predicted octanol–water partition coefficient (Wildman–Crippen LogP) is 4.80. The number of hydrogen-bond acceptors (Lipinski definition) is 3. The molecule has 0 atom stereocenters. The highest BCUT2D eigenvalue weighted by Crippen LogP contribution is 2.20. The van der Waals surface area contributed by atoms with E-state index in [4.69, 9.17) is 0 Å². The van der Waals surface area contributed by atoms with E-state index < -0.39 is 0 Å². The van der Waals surface area contributed by atoms with E-state index >= 15 is 0 Å². The van der Waals surface area contributed by atoms with E-state index in [1.807, 2.05) is 54.6 Å². The average molecular weight is 378 g/mol. The molecule has 3 aromatic carbocycles. The summed E-state index contributed by atoms with van der Waals surface area (Å²) in [6.45, 7) is 0. The number of fused-ring (bicyclic) bond motifs is 2. The fourth-order valence-corrected chi connectivity index (χ4v) is 2.77. The summed E-state index contributed by atoms with van der Waals surface area (Å²) in [6, 6.07) is 20.5. The number of halogens is 1. The number of nitrogens with one attached hydrogen (secondary N) is 1. The lowest BCUT2D eigenvalue weighted by Gasteiger charge is -2.07. The maximum atomic E-state index is 12.3. The number of rotatable bonds is 2. The van der Waals surface area contributed by atoms with Crippen molar-refractivity contribution in [2.45, 2.75) is 0 Å². The van der Waals surface area contributed by atoms with Crippen molar-refractivity contribution in [2.75, 3.05) is 5.32 Å². The number of amides is 1. The Balaban J connectivity index is 1.68. The lowest BCUT2D eigenvalue weighted by Crippen LogP contribution is -2.11. The highest BCUT2D eigenvalue weighted by molar-refractivity contribution is 9.10. The van der Waals surface area contributed by atoms with Crippen LogP contribution in [0, 0.1) is 0 Å². The van der Waals surface area contributed by atoms with E-state index in [0.29, 0.717) is 11.3 Å². The highest BCUT2D eigenvalue weighted by atomic mass is 79.9. The van der Waals surface area contributed by atoms with Crippen molar-refractivity contribution >= 4 is 49.6 Å². The number of nitrogens with zero attached hydrogens (tertiary/aromatic N) is 2. The molecule has 0 unspecified atom stereocenters. The fourth-order valence-electron chi connectivity index (χ4n) is 2.50. The van der Waals surface area contributed by atoms with Crippen LogP contribution in [-0.2, 0) is 0 Å². The monoisotopic (exact) mass is 377 g/mol. The molecule has 1 heterocycles. The standard InChI is InChI=1S/C19H12BrN3O/c20-13-7-5-12(6-8-13)19(24)21-14-9-10-17-18(11-14)23-16-4-2-1-3-15(16)22-17/h1-11H,(H,21,24). The molecule has 0 saturated carbocycles. The third-order valence-electron chi connectivity index (χ3n) is 3.70. The minimum Gasteiger partial charge on any atom is -0.322 e. The zero-order chi connectivity index (χ0) is 16.5. The largest absolute Gasteiger partial charge is 0.322 e. The zero-order valence-corrected chi connectivity index (χ0v) is 14.1. The first kappa shape index (κ1) is 14.8. The van der Waals surface area contributed by atoms with Gasteiger partial charge < -0.3 is 5.32 Å².